The number of morpholine rings is 1. The van der Waals surface area contributed by atoms with Gasteiger partial charge in [0.1, 0.15) is 5.75 Å². The number of hydrogen-bond donors (Lipinski definition) is 1. The van der Waals surface area contributed by atoms with Crippen LogP contribution in [0.15, 0.2) is 51.6 Å². The summed E-state index contributed by atoms with van der Waals surface area (Å²) < 4.78 is 16.2. The molecule has 0 bridgehead atoms. The number of carbonyl (C=O) groups is 2. The number of thioether (sulfide) groups is 1. The fraction of sp³-hybridized carbons (Fsp3) is 0.500. The number of amides is 1. The van der Waals surface area contributed by atoms with Gasteiger partial charge in [-0.2, -0.15) is 0 Å². The maximum absolute atomic E-state index is 13.0. The number of benzene rings is 1. The normalized spacial score (nSPS) is 20.0. The van der Waals surface area contributed by atoms with Gasteiger partial charge in [0, 0.05) is 25.3 Å². The Morgan fingerprint density at radius 1 is 1.28 bits per heavy atom. The smallest absolute Gasteiger partial charge is 0.338 e. The average Bonchev–Trinajstić information content (AvgIpc) is 3.28. The summed E-state index contributed by atoms with van der Waals surface area (Å²) in [5.74, 6) is 0.223. The van der Waals surface area contributed by atoms with Crippen molar-refractivity contribution in [1.29, 1.82) is 0 Å². The lowest BCUT2D eigenvalue weighted by atomic mass is 9.93. The van der Waals surface area contributed by atoms with Gasteiger partial charge < -0.3 is 24.4 Å². The topological polar surface area (TPSA) is 92.7 Å². The van der Waals surface area contributed by atoms with Gasteiger partial charge in [-0.3, -0.25) is 9.69 Å². The predicted molar refractivity (Wildman–Crippen MR) is 140 cm³/mol. The molecule has 10 heteroatoms. The molecule has 0 aromatic heterocycles. The lowest BCUT2D eigenvalue weighted by Gasteiger charge is -2.36. The number of esters is 1. The van der Waals surface area contributed by atoms with E-state index in [1.807, 2.05) is 41.5 Å². The second-order valence-corrected chi connectivity index (χ2v) is 9.56. The Morgan fingerprint density at radius 3 is 2.83 bits per heavy atom. The van der Waals surface area contributed by atoms with Gasteiger partial charge >= 0.3 is 5.97 Å². The minimum atomic E-state index is -0.470. The summed E-state index contributed by atoms with van der Waals surface area (Å²) in [6, 6.07) is 7.15. The molecule has 1 saturated heterocycles. The highest BCUT2D eigenvalue weighted by atomic mass is 32.2. The van der Waals surface area contributed by atoms with E-state index >= 15 is 0 Å². The molecular formula is C26H34N4O5S. The fourth-order valence-electron chi connectivity index (χ4n) is 4.55. The van der Waals surface area contributed by atoms with Crippen molar-refractivity contribution in [1.82, 2.24) is 15.1 Å². The average molecular weight is 515 g/mol. The quantitative estimate of drug-likeness (QED) is 0.376. The first kappa shape index (κ1) is 26.2. The summed E-state index contributed by atoms with van der Waals surface area (Å²) in [5.41, 5.74) is 2.74. The van der Waals surface area contributed by atoms with Crippen LogP contribution in [0.2, 0.25) is 0 Å². The zero-order valence-corrected chi connectivity index (χ0v) is 21.9. The Kier molecular flexibility index (Phi) is 9.06. The van der Waals surface area contributed by atoms with Gasteiger partial charge in [0.25, 0.3) is 0 Å². The predicted octanol–water partition coefficient (Wildman–Crippen LogP) is 3.06. The summed E-state index contributed by atoms with van der Waals surface area (Å²) >= 11 is 1.46. The van der Waals surface area contributed by atoms with Crippen LogP contribution in [0, 0.1) is 0 Å². The summed E-state index contributed by atoms with van der Waals surface area (Å²) in [5, 5.41) is 5.73. The van der Waals surface area contributed by atoms with Gasteiger partial charge in [0.15, 0.2) is 5.17 Å². The molecule has 36 heavy (non-hydrogen) atoms. The summed E-state index contributed by atoms with van der Waals surface area (Å²) in [6.45, 7) is 8.85. The Labute approximate surface area is 216 Å². The maximum atomic E-state index is 13.0. The molecule has 1 aromatic carbocycles. The molecule has 1 N–H and O–H groups in total. The molecule has 9 nitrogen and oxygen atoms in total. The second-order valence-electron chi connectivity index (χ2n) is 8.72. The van der Waals surface area contributed by atoms with E-state index in [1.54, 1.807) is 14.0 Å². The van der Waals surface area contributed by atoms with Crippen molar-refractivity contribution in [3.05, 3.63) is 52.2 Å². The maximum Gasteiger partial charge on any atom is 0.338 e. The Morgan fingerprint density at radius 2 is 2.08 bits per heavy atom. The van der Waals surface area contributed by atoms with Crippen LogP contribution in [0.5, 0.6) is 5.75 Å². The monoisotopic (exact) mass is 514 g/mol. The number of aliphatic imine (C=N–C) groups is 1. The van der Waals surface area contributed by atoms with Crippen molar-refractivity contribution in [2.24, 2.45) is 4.99 Å². The number of nitrogens with zero attached hydrogens (tertiary/aromatic N) is 3. The molecular weight excluding hydrogens is 480 g/mol. The number of hydrogen-bond acceptors (Lipinski definition) is 9. The third-order valence-corrected chi connectivity index (χ3v) is 7.21. The van der Waals surface area contributed by atoms with E-state index in [1.165, 1.54) is 11.8 Å². The zero-order valence-electron chi connectivity index (χ0n) is 21.1. The Balaban J connectivity index is 1.48. The molecule has 0 saturated carbocycles. The molecule has 0 spiro atoms. The van der Waals surface area contributed by atoms with Gasteiger partial charge in [0.05, 0.1) is 50.7 Å². The first-order valence-electron chi connectivity index (χ1n) is 12.3. The van der Waals surface area contributed by atoms with Crippen LogP contribution >= 0.6 is 11.8 Å². The van der Waals surface area contributed by atoms with Crippen LogP contribution in [0.1, 0.15) is 38.3 Å². The van der Waals surface area contributed by atoms with Crippen LogP contribution in [-0.4, -0.2) is 80.0 Å². The Hall–Kier alpha value is -2.82. The van der Waals surface area contributed by atoms with Crippen molar-refractivity contribution in [3.8, 4) is 5.75 Å². The third kappa shape index (κ3) is 6.11. The van der Waals surface area contributed by atoms with Crippen molar-refractivity contribution >= 4 is 28.8 Å². The van der Waals surface area contributed by atoms with E-state index < -0.39 is 12.0 Å². The highest BCUT2D eigenvalue weighted by molar-refractivity contribution is 8.16. The molecule has 4 rings (SSSR count). The number of nitrogens with one attached hydrogen (secondary N) is 1. The van der Waals surface area contributed by atoms with E-state index in [4.69, 9.17) is 14.2 Å². The summed E-state index contributed by atoms with van der Waals surface area (Å²) in [7, 11) is 1.61. The fourth-order valence-corrected chi connectivity index (χ4v) is 5.51. The molecule has 3 aliphatic rings. The highest BCUT2D eigenvalue weighted by Gasteiger charge is 2.41. The standard InChI is InChI=1S/C26H34N4O5S/c1-4-35-25(32)23-18(2)28-26-30(24(23)19-7-5-8-21(15-19)33-3)20(17-36-26)16-22(31)27-9-6-10-29-11-13-34-14-12-29/h5,7-8,15,17,24H,4,6,9-14,16H2,1-3H3,(H,27,31)/t24-/m0/s1. The van der Waals surface area contributed by atoms with E-state index in [0.717, 1.165) is 55.7 Å². The third-order valence-electron chi connectivity index (χ3n) is 6.32. The van der Waals surface area contributed by atoms with Crippen molar-refractivity contribution < 1.29 is 23.8 Å². The number of fused-ring (bicyclic) bond motifs is 1. The van der Waals surface area contributed by atoms with Crippen molar-refractivity contribution in [3.63, 3.8) is 0 Å². The number of ether oxygens (including phenoxy) is 3. The highest BCUT2D eigenvalue weighted by Crippen LogP contribution is 2.45. The number of amidine groups is 1. The number of allylic oxidation sites excluding steroid dienone is 1. The number of methoxy groups -OCH3 is 1. The zero-order chi connectivity index (χ0) is 25.5. The van der Waals surface area contributed by atoms with Crippen LogP contribution < -0.4 is 10.1 Å². The van der Waals surface area contributed by atoms with Gasteiger partial charge in [0.2, 0.25) is 5.91 Å². The van der Waals surface area contributed by atoms with Gasteiger partial charge in [-0.1, -0.05) is 23.9 Å². The molecule has 1 aromatic rings. The first-order chi connectivity index (χ1) is 17.5. The molecule has 0 unspecified atom stereocenters. The van der Waals surface area contributed by atoms with E-state index in [0.29, 0.717) is 23.6 Å². The lowest BCUT2D eigenvalue weighted by molar-refractivity contribution is -0.139. The van der Waals surface area contributed by atoms with Crippen molar-refractivity contribution in [2.75, 3.05) is 53.1 Å². The number of carbonyl (C=O) groups excluding carboxylic acids is 2. The van der Waals surface area contributed by atoms with Crippen LogP contribution in [-0.2, 0) is 19.1 Å². The second kappa shape index (κ2) is 12.4. The van der Waals surface area contributed by atoms with Gasteiger partial charge in [-0.25, -0.2) is 9.79 Å². The van der Waals surface area contributed by atoms with Crippen LogP contribution in [0.3, 0.4) is 0 Å². The van der Waals surface area contributed by atoms with Crippen LogP contribution in [0.4, 0.5) is 0 Å². The molecule has 0 aliphatic carbocycles. The minimum absolute atomic E-state index is 0.0570. The van der Waals surface area contributed by atoms with E-state index in [-0.39, 0.29) is 18.9 Å². The summed E-state index contributed by atoms with van der Waals surface area (Å²) in [6.07, 6.45) is 1.08. The largest absolute Gasteiger partial charge is 0.497 e. The van der Waals surface area contributed by atoms with Gasteiger partial charge in [-0.15, -0.1) is 0 Å². The number of rotatable bonds is 10. The Bertz CT molecular complexity index is 1060. The van der Waals surface area contributed by atoms with Gasteiger partial charge in [-0.05, 0) is 49.9 Å². The molecule has 0 radical (unpaired) electrons. The SMILES string of the molecule is CCOC(=O)C1=C(C)N=C2SC=C(CC(=O)NCCCN3CCOCC3)N2[C@H]1c1cccc(OC)c1. The molecule has 1 atom stereocenters. The lowest BCUT2D eigenvalue weighted by Crippen LogP contribution is -2.39. The van der Waals surface area contributed by atoms with Crippen molar-refractivity contribution in [2.45, 2.75) is 32.7 Å². The molecule has 1 fully saturated rings. The molecule has 3 aliphatic heterocycles. The summed E-state index contributed by atoms with van der Waals surface area (Å²) in [4.78, 5) is 34.9. The molecule has 194 valence electrons. The minimum Gasteiger partial charge on any atom is -0.497 e. The van der Waals surface area contributed by atoms with Crippen LogP contribution in [0.25, 0.3) is 0 Å². The van der Waals surface area contributed by atoms with E-state index in [9.17, 15) is 9.59 Å². The molecule has 1 amide bonds. The molecule has 3 heterocycles. The van der Waals surface area contributed by atoms with E-state index in [2.05, 4.69) is 15.2 Å². The first-order valence-corrected chi connectivity index (χ1v) is 13.2.